The summed E-state index contributed by atoms with van der Waals surface area (Å²) in [6, 6.07) is 0.0272. The molecule has 0 aliphatic carbocycles. The quantitative estimate of drug-likeness (QED) is 0.825. The van der Waals surface area contributed by atoms with Gasteiger partial charge in [0.25, 0.3) is 5.91 Å². The molecule has 1 heterocycles. The van der Waals surface area contributed by atoms with E-state index in [2.05, 4.69) is 15.3 Å². The first-order chi connectivity index (χ1) is 8.81. The highest BCUT2D eigenvalue weighted by molar-refractivity contribution is 5.97. The van der Waals surface area contributed by atoms with Crippen LogP contribution in [0.5, 0.6) is 0 Å². The lowest BCUT2D eigenvalue weighted by Gasteiger charge is -2.18. The van der Waals surface area contributed by atoms with Crippen molar-refractivity contribution >= 4 is 11.6 Å². The number of amides is 1. The highest BCUT2D eigenvalue weighted by Crippen LogP contribution is 2.13. The molecule has 1 amide bonds. The molecule has 3 N–H and O–H groups in total. The van der Waals surface area contributed by atoms with Gasteiger partial charge in [-0.15, -0.1) is 0 Å². The van der Waals surface area contributed by atoms with Crippen LogP contribution in [0, 0.1) is 0 Å². The topological polar surface area (TPSA) is 84.1 Å². The molecule has 0 aliphatic heterocycles. The summed E-state index contributed by atoms with van der Waals surface area (Å²) in [6.45, 7) is 6.65. The van der Waals surface area contributed by atoms with E-state index < -0.39 is 0 Å². The number of nitrogens with two attached hydrogens (primary N) is 1. The smallest absolute Gasteiger partial charge is 0.272 e. The van der Waals surface area contributed by atoms with Crippen LogP contribution in [0.4, 0.5) is 5.69 Å². The average molecular weight is 265 g/mol. The molecule has 0 spiro atoms. The first kappa shape index (κ1) is 15.4. The van der Waals surface area contributed by atoms with Crippen LogP contribution in [-0.4, -0.2) is 47.5 Å². The Morgan fingerprint density at radius 1 is 1.42 bits per heavy atom. The first-order valence-corrected chi connectivity index (χ1v) is 6.39. The van der Waals surface area contributed by atoms with Crippen LogP contribution in [0.3, 0.4) is 0 Å². The lowest BCUT2D eigenvalue weighted by molar-refractivity contribution is 0.0930. The normalized spacial score (nSPS) is 12.8. The van der Waals surface area contributed by atoms with Gasteiger partial charge in [0, 0.05) is 18.5 Å². The van der Waals surface area contributed by atoms with Crippen molar-refractivity contribution in [2.75, 3.05) is 26.4 Å². The van der Waals surface area contributed by atoms with Crippen molar-refractivity contribution in [2.24, 2.45) is 0 Å². The number of nitrogens with zero attached hydrogens (tertiary/aromatic N) is 3. The molecular formula is C13H23N5O. The maximum Gasteiger partial charge on any atom is 0.272 e. The van der Waals surface area contributed by atoms with Crippen LogP contribution in [0.2, 0.25) is 0 Å². The van der Waals surface area contributed by atoms with Gasteiger partial charge in [0.05, 0.1) is 11.9 Å². The highest BCUT2D eigenvalue weighted by atomic mass is 16.2. The van der Waals surface area contributed by atoms with E-state index in [1.54, 1.807) is 0 Å². The Morgan fingerprint density at radius 2 is 2.05 bits per heavy atom. The number of hydrogen-bond donors (Lipinski definition) is 2. The van der Waals surface area contributed by atoms with Crippen LogP contribution >= 0.6 is 0 Å². The first-order valence-electron chi connectivity index (χ1n) is 6.39. The van der Waals surface area contributed by atoms with Crippen molar-refractivity contribution < 1.29 is 4.79 Å². The molecule has 0 saturated carbocycles. The largest absolute Gasteiger partial charge is 0.396 e. The zero-order valence-corrected chi connectivity index (χ0v) is 12.3. The number of aromatic nitrogens is 2. The Bertz CT molecular complexity index is 445. The van der Waals surface area contributed by atoms with E-state index in [1.165, 1.54) is 6.20 Å². The number of carbonyl (C=O) groups excluding carboxylic acids is 1. The van der Waals surface area contributed by atoms with Gasteiger partial charge in [-0.3, -0.25) is 4.79 Å². The van der Waals surface area contributed by atoms with Gasteiger partial charge in [-0.2, -0.15) is 0 Å². The molecule has 1 atom stereocenters. The zero-order valence-electron chi connectivity index (χ0n) is 12.3. The second-order valence-electron chi connectivity index (χ2n) is 5.32. The van der Waals surface area contributed by atoms with Gasteiger partial charge in [0.15, 0.2) is 5.69 Å². The predicted molar refractivity (Wildman–Crippen MR) is 76.0 cm³/mol. The van der Waals surface area contributed by atoms with Crippen molar-refractivity contribution in [1.29, 1.82) is 0 Å². The van der Waals surface area contributed by atoms with Gasteiger partial charge in [-0.25, -0.2) is 9.97 Å². The third-order valence-electron chi connectivity index (χ3n) is 2.58. The van der Waals surface area contributed by atoms with Gasteiger partial charge >= 0.3 is 0 Å². The molecule has 1 aromatic heterocycles. The van der Waals surface area contributed by atoms with Gasteiger partial charge < -0.3 is 16.0 Å². The Labute approximate surface area is 114 Å². The van der Waals surface area contributed by atoms with E-state index in [4.69, 9.17) is 5.73 Å². The van der Waals surface area contributed by atoms with Crippen molar-refractivity contribution in [2.45, 2.75) is 32.7 Å². The summed E-state index contributed by atoms with van der Waals surface area (Å²) in [6.07, 6.45) is 1.49. The van der Waals surface area contributed by atoms with Gasteiger partial charge in [0.2, 0.25) is 0 Å². The molecule has 106 valence electrons. The van der Waals surface area contributed by atoms with Crippen molar-refractivity contribution in [3.8, 4) is 0 Å². The number of likely N-dealkylation sites (N-methyl/N-ethyl adjacent to an activating group) is 1. The fourth-order valence-electron chi connectivity index (χ4n) is 1.75. The van der Waals surface area contributed by atoms with Crippen LogP contribution in [-0.2, 0) is 0 Å². The predicted octanol–water partition coefficient (Wildman–Crippen LogP) is 0.862. The van der Waals surface area contributed by atoms with Gasteiger partial charge in [0.1, 0.15) is 5.82 Å². The molecule has 0 saturated heterocycles. The minimum absolute atomic E-state index is 0.0272. The molecule has 0 fully saturated rings. The molecule has 0 aromatic carbocycles. The van der Waals surface area contributed by atoms with Crippen LogP contribution in [0.25, 0.3) is 0 Å². The van der Waals surface area contributed by atoms with E-state index in [-0.39, 0.29) is 23.6 Å². The van der Waals surface area contributed by atoms with E-state index >= 15 is 0 Å². The third-order valence-corrected chi connectivity index (χ3v) is 2.58. The average Bonchev–Trinajstić information content (AvgIpc) is 2.27. The van der Waals surface area contributed by atoms with Crippen molar-refractivity contribution in [3.05, 3.63) is 17.7 Å². The number of nitrogen functional groups attached to an aromatic ring is 1. The Morgan fingerprint density at radius 3 is 2.58 bits per heavy atom. The Balaban J connectivity index is 2.84. The minimum atomic E-state index is -0.254. The van der Waals surface area contributed by atoms with E-state index in [0.717, 1.165) is 6.54 Å². The molecule has 0 radical (unpaired) electrons. The lowest BCUT2D eigenvalue weighted by Crippen LogP contribution is -2.40. The van der Waals surface area contributed by atoms with E-state index in [9.17, 15) is 4.79 Å². The van der Waals surface area contributed by atoms with Crippen LogP contribution in [0.15, 0.2) is 6.20 Å². The van der Waals surface area contributed by atoms with Crippen LogP contribution in [0.1, 0.15) is 43.0 Å². The zero-order chi connectivity index (χ0) is 14.6. The summed E-state index contributed by atoms with van der Waals surface area (Å²) >= 11 is 0. The monoisotopic (exact) mass is 265 g/mol. The second-order valence-corrected chi connectivity index (χ2v) is 5.32. The minimum Gasteiger partial charge on any atom is -0.396 e. The van der Waals surface area contributed by atoms with Crippen LogP contribution < -0.4 is 11.1 Å². The molecule has 0 bridgehead atoms. The molecule has 1 rings (SSSR count). The highest BCUT2D eigenvalue weighted by Gasteiger charge is 2.16. The molecule has 6 heteroatoms. The van der Waals surface area contributed by atoms with Crippen molar-refractivity contribution in [1.82, 2.24) is 20.2 Å². The van der Waals surface area contributed by atoms with E-state index in [0.29, 0.717) is 11.5 Å². The maximum atomic E-state index is 12.1. The summed E-state index contributed by atoms with van der Waals surface area (Å²) < 4.78 is 0. The number of carbonyl (C=O) groups is 1. The molecule has 6 nitrogen and oxygen atoms in total. The molecule has 0 aliphatic rings. The van der Waals surface area contributed by atoms with Gasteiger partial charge in [-0.05, 0) is 21.0 Å². The fourth-order valence-corrected chi connectivity index (χ4v) is 1.75. The summed E-state index contributed by atoms with van der Waals surface area (Å²) in [5.74, 6) is 0.530. The summed E-state index contributed by atoms with van der Waals surface area (Å²) in [7, 11) is 3.91. The molecule has 1 unspecified atom stereocenters. The Hall–Kier alpha value is -1.69. The van der Waals surface area contributed by atoms with E-state index in [1.807, 2.05) is 39.8 Å². The molecule has 19 heavy (non-hydrogen) atoms. The summed E-state index contributed by atoms with van der Waals surface area (Å²) in [5.41, 5.74) is 6.33. The maximum absolute atomic E-state index is 12.1. The van der Waals surface area contributed by atoms with Crippen molar-refractivity contribution in [3.63, 3.8) is 0 Å². The Kier molecular flexibility index (Phi) is 5.23. The number of rotatable bonds is 5. The second kappa shape index (κ2) is 6.47. The number of anilines is 1. The molecule has 1 aromatic rings. The molecular weight excluding hydrogens is 242 g/mol. The SMILES string of the molecule is CC(CN(C)C)NC(=O)c1nc(C(C)C)ncc1N. The number of nitrogens with one attached hydrogen (secondary N) is 1. The summed E-state index contributed by atoms with van der Waals surface area (Å²) in [4.78, 5) is 22.5. The van der Waals surface area contributed by atoms with Gasteiger partial charge in [-0.1, -0.05) is 13.8 Å². The fraction of sp³-hybridized carbons (Fsp3) is 0.615. The summed E-state index contributed by atoms with van der Waals surface area (Å²) in [5, 5.41) is 2.88. The third kappa shape index (κ3) is 4.48. The number of hydrogen-bond acceptors (Lipinski definition) is 5. The standard InChI is InChI=1S/C13H23N5O/c1-8(2)12-15-6-10(14)11(17-12)13(19)16-9(3)7-18(4)5/h6,8-9H,7,14H2,1-5H3,(H,16,19). The lowest BCUT2D eigenvalue weighted by atomic mass is 10.2.